The first-order chi connectivity index (χ1) is 7.31. The maximum absolute atomic E-state index is 10.6. The van der Waals surface area contributed by atoms with Crippen LogP contribution < -0.4 is 5.48 Å². The summed E-state index contributed by atoms with van der Waals surface area (Å²) < 4.78 is 0. The fraction of sp³-hybridized carbons (Fsp3) is 0.100. The number of aliphatic imine (C=N–C) groups is 1. The third kappa shape index (κ3) is 3.14. The molecule has 1 rings (SSSR count). The van der Waals surface area contributed by atoms with Crippen molar-refractivity contribution < 1.29 is 9.63 Å². The first kappa shape index (κ1) is 11.3. The van der Waals surface area contributed by atoms with Gasteiger partial charge in [-0.2, -0.15) is 0 Å². The largest absolute Gasteiger partial charge is 0.377 e. The number of thiocarbonyl (C=S) groups is 1. The quantitative estimate of drug-likeness (QED) is 0.275. The van der Waals surface area contributed by atoms with Gasteiger partial charge in [-0.05, 0) is 18.3 Å². The molecule has 0 heterocycles. The lowest BCUT2D eigenvalue weighted by molar-refractivity contribution is 0.112. The second kappa shape index (κ2) is 5.87. The van der Waals surface area contributed by atoms with E-state index in [-0.39, 0.29) is 0 Å². The Morgan fingerprint density at radius 3 is 3.00 bits per heavy atom. The molecule has 0 aromatic heterocycles. The molecular formula is C10H10N2O2S. The summed E-state index contributed by atoms with van der Waals surface area (Å²) in [6.07, 6.45) is 0.775. The summed E-state index contributed by atoms with van der Waals surface area (Å²) in [5, 5.41) is 0. The van der Waals surface area contributed by atoms with Crippen LogP contribution in [0.3, 0.4) is 0 Å². The molecule has 1 aromatic carbocycles. The van der Waals surface area contributed by atoms with Gasteiger partial charge in [-0.3, -0.25) is 9.79 Å². The summed E-state index contributed by atoms with van der Waals surface area (Å²) in [5.41, 5.74) is 5.00. The molecule has 0 amide bonds. The first-order valence-corrected chi connectivity index (χ1v) is 4.66. The molecule has 0 bridgehead atoms. The molecule has 0 aliphatic heterocycles. The zero-order valence-corrected chi connectivity index (χ0v) is 8.95. The number of hydrogen-bond donors (Lipinski definition) is 1. The summed E-state index contributed by atoms with van der Waals surface area (Å²) in [4.78, 5) is 19.3. The van der Waals surface area contributed by atoms with Crippen LogP contribution in [-0.2, 0) is 4.84 Å². The standard InChI is InChI=1S/C10H10N2O2S/c1-11-10(12-14-7-15)9-4-2-3-8(5-9)6-13/h2-7H,1H3,(H,11,12). The highest BCUT2D eigenvalue weighted by molar-refractivity contribution is 7.78. The Labute approximate surface area is 92.9 Å². The van der Waals surface area contributed by atoms with Crippen LogP contribution in [0.1, 0.15) is 15.9 Å². The van der Waals surface area contributed by atoms with Gasteiger partial charge in [0.25, 0.3) is 0 Å². The fourth-order valence-electron chi connectivity index (χ4n) is 1.07. The van der Waals surface area contributed by atoms with Gasteiger partial charge < -0.3 is 4.84 Å². The van der Waals surface area contributed by atoms with E-state index < -0.39 is 0 Å². The highest BCUT2D eigenvalue weighted by Crippen LogP contribution is 2.03. The van der Waals surface area contributed by atoms with E-state index in [2.05, 4.69) is 22.7 Å². The van der Waals surface area contributed by atoms with Crippen molar-refractivity contribution in [3.05, 3.63) is 35.4 Å². The summed E-state index contributed by atoms with van der Waals surface area (Å²) in [5.74, 6) is 0.514. The minimum Gasteiger partial charge on any atom is -0.377 e. The Morgan fingerprint density at radius 2 is 2.40 bits per heavy atom. The second-order valence-electron chi connectivity index (χ2n) is 2.63. The third-order valence-corrected chi connectivity index (χ3v) is 1.82. The number of hydrogen-bond acceptors (Lipinski definition) is 4. The Bertz CT molecular complexity index is 391. The molecule has 4 nitrogen and oxygen atoms in total. The van der Waals surface area contributed by atoms with Gasteiger partial charge in [-0.25, -0.2) is 5.48 Å². The van der Waals surface area contributed by atoms with Crippen LogP contribution in [-0.4, -0.2) is 24.7 Å². The van der Waals surface area contributed by atoms with Crippen LogP contribution in [0.25, 0.3) is 0 Å². The molecular weight excluding hydrogens is 212 g/mol. The summed E-state index contributed by atoms with van der Waals surface area (Å²) in [7, 11) is 1.61. The van der Waals surface area contributed by atoms with Crippen molar-refractivity contribution in [3.8, 4) is 0 Å². The fourth-order valence-corrected chi connectivity index (χ4v) is 1.12. The van der Waals surface area contributed by atoms with E-state index in [1.165, 1.54) is 0 Å². The topological polar surface area (TPSA) is 50.7 Å². The highest BCUT2D eigenvalue weighted by Gasteiger charge is 2.02. The highest BCUT2D eigenvalue weighted by atomic mass is 32.1. The van der Waals surface area contributed by atoms with Crippen molar-refractivity contribution >= 4 is 29.9 Å². The van der Waals surface area contributed by atoms with Gasteiger partial charge in [0.2, 0.25) is 0 Å². The molecule has 5 heteroatoms. The van der Waals surface area contributed by atoms with E-state index in [0.717, 1.165) is 17.4 Å². The number of rotatable bonds is 4. The minimum absolute atomic E-state index is 0.514. The third-order valence-electron chi connectivity index (χ3n) is 1.72. The average molecular weight is 222 g/mol. The molecule has 15 heavy (non-hydrogen) atoms. The molecule has 0 aliphatic carbocycles. The van der Waals surface area contributed by atoms with Crippen LogP contribution in [0.5, 0.6) is 0 Å². The van der Waals surface area contributed by atoms with E-state index >= 15 is 0 Å². The van der Waals surface area contributed by atoms with Crippen molar-refractivity contribution in [2.45, 2.75) is 0 Å². The summed E-state index contributed by atoms with van der Waals surface area (Å²) >= 11 is 4.50. The van der Waals surface area contributed by atoms with Crippen molar-refractivity contribution in [2.24, 2.45) is 4.99 Å². The minimum atomic E-state index is 0.514. The number of carbonyl (C=O) groups is 1. The first-order valence-electron chi connectivity index (χ1n) is 4.19. The zero-order valence-electron chi connectivity index (χ0n) is 8.14. The smallest absolute Gasteiger partial charge is 0.182 e. The van der Waals surface area contributed by atoms with Crippen LogP contribution in [0.15, 0.2) is 29.3 Å². The van der Waals surface area contributed by atoms with Gasteiger partial charge in [-0.1, -0.05) is 18.2 Å². The average Bonchev–Trinajstić information content (AvgIpc) is 2.30. The van der Waals surface area contributed by atoms with Crippen molar-refractivity contribution in [1.82, 2.24) is 5.48 Å². The van der Waals surface area contributed by atoms with Crippen molar-refractivity contribution in [1.29, 1.82) is 0 Å². The zero-order chi connectivity index (χ0) is 11.1. The molecule has 1 aromatic rings. The normalized spacial score (nSPS) is 10.6. The number of nitrogens with zero attached hydrogens (tertiary/aromatic N) is 1. The van der Waals surface area contributed by atoms with Gasteiger partial charge in [0, 0.05) is 18.2 Å². The van der Waals surface area contributed by atoms with E-state index in [0.29, 0.717) is 11.4 Å². The number of aldehydes is 1. The Balaban J connectivity index is 2.91. The van der Waals surface area contributed by atoms with Gasteiger partial charge in [0.15, 0.2) is 11.4 Å². The van der Waals surface area contributed by atoms with Gasteiger partial charge in [-0.15, -0.1) is 0 Å². The molecule has 0 radical (unpaired) electrons. The molecule has 0 fully saturated rings. The second-order valence-corrected chi connectivity index (χ2v) is 2.82. The molecule has 0 saturated carbocycles. The summed E-state index contributed by atoms with van der Waals surface area (Å²) in [6, 6.07) is 7.00. The number of benzene rings is 1. The molecule has 0 atom stereocenters. The van der Waals surface area contributed by atoms with Gasteiger partial charge in [0.05, 0.1) is 0 Å². The van der Waals surface area contributed by atoms with Crippen LogP contribution >= 0.6 is 12.2 Å². The molecule has 0 saturated heterocycles. The number of carbonyl (C=O) groups excluding carboxylic acids is 1. The van der Waals surface area contributed by atoms with E-state index in [1.807, 2.05) is 6.07 Å². The molecule has 0 aliphatic rings. The lowest BCUT2D eigenvalue weighted by atomic mass is 10.1. The Hall–Kier alpha value is -1.75. The number of nitrogens with one attached hydrogen (secondary N) is 1. The number of hydroxylamine groups is 1. The van der Waals surface area contributed by atoms with Gasteiger partial charge in [0.1, 0.15) is 6.29 Å². The van der Waals surface area contributed by atoms with Crippen molar-refractivity contribution in [3.63, 3.8) is 0 Å². The number of amidine groups is 1. The van der Waals surface area contributed by atoms with E-state index in [9.17, 15) is 4.79 Å². The molecule has 78 valence electrons. The Morgan fingerprint density at radius 1 is 1.60 bits per heavy atom. The SMILES string of the molecule is CN=C(NOC=S)c1cccc(C=O)c1. The lowest BCUT2D eigenvalue weighted by Gasteiger charge is -2.07. The maximum Gasteiger partial charge on any atom is 0.182 e. The van der Waals surface area contributed by atoms with Crippen LogP contribution in [0, 0.1) is 0 Å². The summed E-state index contributed by atoms with van der Waals surface area (Å²) in [6.45, 7) is 0. The van der Waals surface area contributed by atoms with Crippen LogP contribution in [0.2, 0.25) is 0 Å². The monoisotopic (exact) mass is 222 g/mol. The maximum atomic E-state index is 10.6. The molecule has 0 spiro atoms. The van der Waals surface area contributed by atoms with E-state index in [1.54, 1.807) is 25.2 Å². The van der Waals surface area contributed by atoms with Gasteiger partial charge >= 0.3 is 0 Å². The molecule has 0 unspecified atom stereocenters. The predicted octanol–water partition coefficient (Wildman–Crippen LogP) is 1.35. The Kier molecular flexibility index (Phi) is 4.43. The molecule has 1 N–H and O–H groups in total. The lowest BCUT2D eigenvalue weighted by Crippen LogP contribution is -2.24. The van der Waals surface area contributed by atoms with Crippen LogP contribution in [0.4, 0.5) is 0 Å². The van der Waals surface area contributed by atoms with Crippen molar-refractivity contribution in [2.75, 3.05) is 7.05 Å². The van der Waals surface area contributed by atoms with E-state index in [4.69, 9.17) is 4.84 Å². The predicted molar refractivity (Wildman–Crippen MR) is 62.2 cm³/mol.